The van der Waals surface area contributed by atoms with E-state index in [1.807, 2.05) is 0 Å². The third-order valence-corrected chi connectivity index (χ3v) is 4.27. The van der Waals surface area contributed by atoms with E-state index in [1.165, 1.54) is 11.2 Å². The maximum atomic E-state index is 12.5. The second-order valence-electron chi connectivity index (χ2n) is 6.29. The maximum Gasteiger partial charge on any atom is 0.289 e. The molecule has 1 N–H and O–H groups in total. The van der Waals surface area contributed by atoms with E-state index in [0.29, 0.717) is 22.8 Å². The summed E-state index contributed by atoms with van der Waals surface area (Å²) in [6, 6.07) is 10.6. The second kappa shape index (κ2) is 7.41. The van der Waals surface area contributed by atoms with E-state index < -0.39 is 6.10 Å². The normalized spacial score (nSPS) is 14.6. The Bertz CT molecular complexity index is 789. The van der Waals surface area contributed by atoms with Gasteiger partial charge in [0.25, 0.3) is 5.91 Å². The molecule has 3 rings (SSSR count). The Kier molecular flexibility index (Phi) is 5.05. The van der Waals surface area contributed by atoms with Crippen molar-refractivity contribution in [3.63, 3.8) is 0 Å². The van der Waals surface area contributed by atoms with Crippen LogP contribution in [0.15, 0.2) is 41.0 Å². The van der Waals surface area contributed by atoms with Gasteiger partial charge < -0.3 is 19.2 Å². The van der Waals surface area contributed by atoms with Crippen molar-refractivity contribution in [3.8, 4) is 11.8 Å². The number of carbonyl (C=O) groups is 1. The summed E-state index contributed by atoms with van der Waals surface area (Å²) in [5.41, 5.74) is 1.13. The molecule has 0 aliphatic heterocycles. The molecule has 25 heavy (non-hydrogen) atoms. The minimum Gasteiger partial charge on any atom is -0.489 e. The number of hydrogen-bond donors (Lipinski definition) is 1. The number of nitrogens with zero attached hydrogens (tertiary/aromatic N) is 2. The maximum absolute atomic E-state index is 12.5. The van der Waals surface area contributed by atoms with Crippen molar-refractivity contribution in [2.45, 2.75) is 25.6 Å². The quantitative estimate of drug-likeness (QED) is 0.837. The Morgan fingerprint density at radius 2 is 2.28 bits per heavy atom. The fraction of sp³-hybridized carbons (Fsp3) is 0.368. The number of ether oxygens (including phenoxy) is 1. The van der Waals surface area contributed by atoms with Crippen LogP contribution in [0.1, 0.15) is 34.5 Å². The fourth-order valence-electron chi connectivity index (χ4n) is 2.62. The number of rotatable bonds is 7. The molecule has 1 aromatic carbocycles. The van der Waals surface area contributed by atoms with E-state index in [0.717, 1.165) is 12.8 Å². The van der Waals surface area contributed by atoms with Gasteiger partial charge in [0, 0.05) is 19.2 Å². The predicted octanol–water partition coefficient (Wildman–Crippen LogP) is 2.57. The van der Waals surface area contributed by atoms with Crippen LogP contribution in [0, 0.1) is 17.2 Å². The molecule has 1 atom stereocenters. The van der Waals surface area contributed by atoms with Gasteiger partial charge in [-0.15, -0.1) is 0 Å². The Morgan fingerprint density at radius 3 is 3.00 bits per heavy atom. The lowest BCUT2D eigenvalue weighted by Crippen LogP contribution is -2.35. The van der Waals surface area contributed by atoms with E-state index in [9.17, 15) is 9.90 Å². The first-order valence-corrected chi connectivity index (χ1v) is 8.21. The van der Waals surface area contributed by atoms with Crippen LogP contribution in [0.2, 0.25) is 0 Å². The topological polar surface area (TPSA) is 86.7 Å². The SMILES string of the molecule is CN(CC(O)C1CC1)C(=O)c1occc1COc1cccc(C#N)c1. The zero-order valence-electron chi connectivity index (χ0n) is 14.0. The molecule has 6 nitrogen and oxygen atoms in total. The van der Waals surface area contributed by atoms with Gasteiger partial charge in [0.2, 0.25) is 0 Å². The van der Waals surface area contributed by atoms with Crippen LogP contribution in [-0.2, 0) is 6.61 Å². The third-order valence-electron chi connectivity index (χ3n) is 4.27. The number of carbonyl (C=O) groups excluding carboxylic acids is 1. The van der Waals surface area contributed by atoms with Gasteiger partial charge >= 0.3 is 0 Å². The molecule has 1 aliphatic rings. The number of aliphatic hydroxyl groups is 1. The van der Waals surface area contributed by atoms with Crippen molar-refractivity contribution in [1.29, 1.82) is 5.26 Å². The number of amides is 1. The molecule has 1 aromatic heterocycles. The summed E-state index contributed by atoms with van der Waals surface area (Å²) in [6.07, 6.45) is 3.00. The van der Waals surface area contributed by atoms with Gasteiger partial charge in [-0.3, -0.25) is 4.79 Å². The predicted molar refractivity (Wildman–Crippen MR) is 89.9 cm³/mol. The van der Waals surface area contributed by atoms with Gasteiger partial charge in [-0.2, -0.15) is 5.26 Å². The van der Waals surface area contributed by atoms with Crippen molar-refractivity contribution < 1.29 is 19.1 Å². The fourth-order valence-corrected chi connectivity index (χ4v) is 2.62. The molecule has 6 heteroatoms. The molecular formula is C19H20N2O4. The average Bonchev–Trinajstić information content (AvgIpc) is 3.38. The first kappa shape index (κ1) is 17.1. The Hall–Kier alpha value is -2.78. The summed E-state index contributed by atoms with van der Waals surface area (Å²) >= 11 is 0. The van der Waals surface area contributed by atoms with E-state index in [1.54, 1.807) is 37.4 Å². The number of hydrogen-bond acceptors (Lipinski definition) is 5. The number of benzene rings is 1. The van der Waals surface area contributed by atoms with Gasteiger partial charge in [0.05, 0.1) is 24.0 Å². The zero-order chi connectivity index (χ0) is 17.8. The van der Waals surface area contributed by atoms with Crippen molar-refractivity contribution in [2.75, 3.05) is 13.6 Å². The minimum absolute atomic E-state index is 0.158. The van der Waals surface area contributed by atoms with Gasteiger partial charge in [-0.05, 0) is 43.0 Å². The molecule has 0 bridgehead atoms. The molecule has 0 spiro atoms. The summed E-state index contributed by atoms with van der Waals surface area (Å²) in [6.45, 7) is 0.445. The summed E-state index contributed by atoms with van der Waals surface area (Å²) in [5, 5.41) is 18.9. The molecule has 1 aliphatic carbocycles. The molecule has 1 heterocycles. The highest BCUT2D eigenvalue weighted by Gasteiger charge is 2.32. The van der Waals surface area contributed by atoms with Gasteiger partial charge in [-0.25, -0.2) is 0 Å². The molecule has 2 aromatic rings. The number of nitriles is 1. The number of furan rings is 1. The molecule has 1 saturated carbocycles. The van der Waals surface area contributed by atoms with Crippen molar-refractivity contribution >= 4 is 5.91 Å². The Balaban J connectivity index is 1.63. The van der Waals surface area contributed by atoms with Crippen LogP contribution in [0.25, 0.3) is 0 Å². The number of aliphatic hydroxyl groups excluding tert-OH is 1. The molecule has 1 fully saturated rings. The van der Waals surface area contributed by atoms with E-state index in [4.69, 9.17) is 14.4 Å². The van der Waals surface area contributed by atoms with Crippen molar-refractivity contribution in [3.05, 3.63) is 53.5 Å². The van der Waals surface area contributed by atoms with E-state index in [-0.39, 0.29) is 24.8 Å². The number of likely N-dealkylation sites (N-methyl/N-ethyl adjacent to an activating group) is 1. The highest BCUT2D eigenvalue weighted by molar-refractivity contribution is 5.92. The van der Waals surface area contributed by atoms with Crippen molar-refractivity contribution in [2.24, 2.45) is 5.92 Å². The molecule has 130 valence electrons. The monoisotopic (exact) mass is 340 g/mol. The smallest absolute Gasteiger partial charge is 0.289 e. The molecular weight excluding hydrogens is 320 g/mol. The molecule has 1 amide bonds. The van der Waals surface area contributed by atoms with Gasteiger partial charge in [0.1, 0.15) is 12.4 Å². The first-order chi connectivity index (χ1) is 12.1. The van der Waals surface area contributed by atoms with Crippen LogP contribution < -0.4 is 4.74 Å². The Morgan fingerprint density at radius 1 is 1.48 bits per heavy atom. The summed E-state index contributed by atoms with van der Waals surface area (Å²) in [7, 11) is 1.65. The highest BCUT2D eigenvalue weighted by Crippen LogP contribution is 2.33. The average molecular weight is 340 g/mol. The molecule has 0 saturated heterocycles. The van der Waals surface area contributed by atoms with Gasteiger partial charge in [0.15, 0.2) is 5.76 Å². The largest absolute Gasteiger partial charge is 0.489 e. The first-order valence-electron chi connectivity index (χ1n) is 8.21. The highest BCUT2D eigenvalue weighted by atomic mass is 16.5. The minimum atomic E-state index is -0.489. The zero-order valence-corrected chi connectivity index (χ0v) is 14.0. The van der Waals surface area contributed by atoms with Crippen LogP contribution in [0.4, 0.5) is 0 Å². The van der Waals surface area contributed by atoms with E-state index in [2.05, 4.69) is 6.07 Å². The third kappa shape index (κ3) is 4.20. The standard InChI is InChI=1S/C19H20N2O4/c1-21(11-17(22)14-5-6-14)19(23)18-15(7-8-24-18)12-25-16-4-2-3-13(9-16)10-20/h2-4,7-9,14,17,22H,5-6,11-12H2,1H3. The lowest BCUT2D eigenvalue weighted by molar-refractivity contribution is 0.0614. The summed E-state index contributed by atoms with van der Waals surface area (Å²) < 4.78 is 11.0. The van der Waals surface area contributed by atoms with Crippen LogP contribution in [0.3, 0.4) is 0 Å². The summed E-state index contributed by atoms with van der Waals surface area (Å²) in [5.74, 6) is 0.786. The Labute approximate surface area is 146 Å². The summed E-state index contributed by atoms with van der Waals surface area (Å²) in [4.78, 5) is 14.0. The van der Waals surface area contributed by atoms with Crippen LogP contribution >= 0.6 is 0 Å². The lowest BCUT2D eigenvalue weighted by atomic mass is 10.2. The molecule has 0 radical (unpaired) electrons. The van der Waals surface area contributed by atoms with Crippen molar-refractivity contribution in [1.82, 2.24) is 4.90 Å². The second-order valence-corrected chi connectivity index (χ2v) is 6.29. The van der Waals surface area contributed by atoms with Crippen LogP contribution in [0.5, 0.6) is 5.75 Å². The van der Waals surface area contributed by atoms with E-state index >= 15 is 0 Å². The molecule has 1 unspecified atom stereocenters. The lowest BCUT2D eigenvalue weighted by Gasteiger charge is -2.20. The van der Waals surface area contributed by atoms with Gasteiger partial charge in [-0.1, -0.05) is 6.07 Å². The van der Waals surface area contributed by atoms with Crippen LogP contribution in [-0.4, -0.2) is 35.6 Å².